The topological polar surface area (TPSA) is 91.4 Å². The van der Waals surface area contributed by atoms with Crippen molar-refractivity contribution < 1.29 is 19.4 Å². The van der Waals surface area contributed by atoms with Gasteiger partial charge in [0.15, 0.2) is 5.78 Å². The first kappa shape index (κ1) is 24.9. The van der Waals surface area contributed by atoms with Crippen molar-refractivity contribution in [3.05, 3.63) is 52.5 Å². The third-order valence-corrected chi connectivity index (χ3v) is 8.53. The summed E-state index contributed by atoms with van der Waals surface area (Å²) in [7, 11) is 3.53. The minimum atomic E-state index is -0.189. The molecule has 1 N–H and O–H groups in total. The van der Waals surface area contributed by atoms with Gasteiger partial charge in [-0.05, 0) is 61.6 Å². The van der Waals surface area contributed by atoms with Crippen molar-refractivity contribution in [2.75, 3.05) is 7.11 Å². The van der Waals surface area contributed by atoms with Gasteiger partial charge in [0, 0.05) is 47.3 Å². The first-order valence-corrected chi connectivity index (χ1v) is 14.1. The maximum Gasteiger partial charge on any atom is 0.186 e. The lowest BCUT2D eigenvalue weighted by Crippen LogP contribution is -2.16. The summed E-state index contributed by atoms with van der Waals surface area (Å²) in [5, 5.41) is 23.4. The van der Waals surface area contributed by atoms with Crippen molar-refractivity contribution in [3.63, 3.8) is 0 Å². The van der Waals surface area contributed by atoms with Crippen LogP contribution in [0.25, 0.3) is 28.2 Å². The molecule has 8 nitrogen and oxygen atoms in total. The molecule has 0 bridgehead atoms. The smallest absolute Gasteiger partial charge is 0.186 e. The molecular formula is C29H32N4O4S. The van der Waals surface area contributed by atoms with Gasteiger partial charge in [-0.2, -0.15) is 21.5 Å². The van der Waals surface area contributed by atoms with Crippen LogP contribution in [0.4, 0.5) is 0 Å². The molecule has 3 atom stereocenters. The summed E-state index contributed by atoms with van der Waals surface area (Å²) in [5.41, 5.74) is 5.59. The number of ketones is 1. The minimum absolute atomic E-state index is 0.0410. The monoisotopic (exact) mass is 532 g/mol. The zero-order chi connectivity index (χ0) is 26.4. The molecule has 0 spiro atoms. The Hall–Kier alpha value is -3.43. The number of carbonyl (C=O) groups excluding carboxylic acids is 1. The maximum atomic E-state index is 13.8. The molecule has 0 saturated heterocycles. The number of carbonyl (C=O) groups is 1. The fourth-order valence-corrected chi connectivity index (χ4v) is 6.35. The molecule has 1 aromatic carbocycles. The summed E-state index contributed by atoms with van der Waals surface area (Å²) in [6, 6.07) is 7.89. The Morgan fingerprint density at radius 2 is 2.13 bits per heavy atom. The molecule has 0 amide bonds. The average molecular weight is 533 g/mol. The van der Waals surface area contributed by atoms with Gasteiger partial charge < -0.3 is 14.6 Å². The fourth-order valence-electron chi connectivity index (χ4n) is 5.73. The van der Waals surface area contributed by atoms with Crippen LogP contribution in [-0.4, -0.2) is 43.7 Å². The number of Topliss-reactive ketones (excluding diaryl/α,β-unsaturated/α-hetero) is 1. The second-order valence-corrected chi connectivity index (χ2v) is 11.2. The number of ether oxygens (including phenoxy) is 2. The molecular weight excluding hydrogens is 500 g/mol. The predicted octanol–water partition coefficient (Wildman–Crippen LogP) is 5.66. The number of aryl methyl sites for hydroxylation is 1. The van der Waals surface area contributed by atoms with Crippen LogP contribution < -0.4 is 9.47 Å². The molecule has 4 aromatic rings. The summed E-state index contributed by atoms with van der Waals surface area (Å²) >= 11 is 1.59. The number of rotatable bonds is 8. The van der Waals surface area contributed by atoms with E-state index in [-0.39, 0.29) is 24.4 Å². The molecule has 1 fully saturated rings. The van der Waals surface area contributed by atoms with Gasteiger partial charge in [-0.25, -0.2) is 4.68 Å². The van der Waals surface area contributed by atoms with E-state index in [9.17, 15) is 9.90 Å². The van der Waals surface area contributed by atoms with Crippen LogP contribution in [-0.2, 0) is 13.7 Å². The number of thiophene rings is 1. The number of methoxy groups -OCH3 is 1. The lowest BCUT2D eigenvalue weighted by Gasteiger charge is -2.22. The van der Waals surface area contributed by atoms with E-state index in [0.29, 0.717) is 23.1 Å². The van der Waals surface area contributed by atoms with E-state index in [1.807, 2.05) is 59.9 Å². The summed E-state index contributed by atoms with van der Waals surface area (Å²) in [6.07, 6.45) is 6.20. The second-order valence-electron chi connectivity index (χ2n) is 10.5. The molecule has 1 aliphatic heterocycles. The Morgan fingerprint density at radius 3 is 2.82 bits per heavy atom. The van der Waals surface area contributed by atoms with E-state index >= 15 is 0 Å². The Kier molecular flexibility index (Phi) is 6.57. The zero-order valence-corrected chi connectivity index (χ0v) is 22.7. The van der Waals surface area contributed by atoms with Gasteiger partial charge in [0.05, 0.1) is 30.3 Å². The van der Waals surface area contributed by atoms with Crippen molar-refractivity contribution in [3.8, 4) is 39.7 Å². The number of hydrogen-bond donors (Lipinski definition) is 1. The van der Waals surface area contributed by atoms with Gasteiger partial charge in [-0.3, -0.25) is 9.48 Å². The van der Waals surface area contributed by atoms with Crippen LogP contribution in [0, 0.1) is 11.8 Å². The Labute approximate surface area is 225 Å². The van der Waals surface area contributed by atoms with Crippen LogP contribution in [0.1, 0.15) is 55.1 Å². The van der Waals surface area contributed by atoms with E-state index in [2.05, 4.69) is 5.10 Å². The Bertz CT molecular complexity index is 1470. The Balaban J connectivity index is 1.41. The summed E-state index contributed by atoms with van der Waals surface area (Å²) in [4.78, 5) is 13.8. The SMILES string of the molecule is COc1cc2c(cc1-c1ccn(C)n1)-c1c(c(C(=O)C(C)CCC3CCC(O)C3)nn1-c1ccsc1)CO2. The van der Waals surface area contributed by atoms with Crippen molar-refractivity contribution in [2.24, 2.45) is 18.9 Å². The van der Waals surface area contributed by atoms with Crippen LogP contribution in [0.3, 0.4) is 0 Å². The highest BCUT2D eigenvalue weighted by Crippen LogP contribution is 2.46. The van der Waals surface area contributed by atoms with E-state index in [1.54, 1.807) is 23.1 Å². The van der Waals surface area contributed by atoms with Crippen LogP contribution in [0.5, 0.6) is 11.5 Å². The van der Waals surface area contributed by atoms with Crippen molar-refractivity contribution in [1.82, 2.24) is 19.6 Å². The number of aliphatic hydroxyl groups is 1. The third-order valence-electron chi connectivity index (χ3n) is 7.86. The standard InChI is InChI=1S/C29H32N4O4S/c1-17(4-5-18-6-7-20(34)12-18)29(35)27-23-15-37-26-14-25(36-3)21(24-8-10-32(2)30-24)13-22(26)28(23)33(31-27)19-9-11-38-16-19/h8-11,13-14,16-18,20,34H,4-7,12,15H2,1-3H3. The second kappa shape index (κ2) is 10.0. The zero-order valence-electron chi connectivity index (χ0n) is 21.9. The van der Waals surface area contributed by atoms with Gasteiger partial charge >= 0.3 is 0 Å². The Morgan fingerprint density at radius 1 is 1.26 bits per heavy atom. The van der Waals surface area contributed by atoms with Crippen LogP contribution >= 0.6 is 11.3 Å². The molecule has 0 radical (unpaired) electrons. The number of hydrogen-bond acceptors (Lipinski definition) is 7. The number of fused-ring (bicyclic) bond motifs is 3. The molecule has 38 heavy (non-hydrogen) atoms. The van der Waals surface area contributed by atoms with Crippen LogP contribution in [0.2, 0.25) is 0 Å². The van der Waals surface area contributed by atoms with Gasteiger partial charge in [-0.15, -0.1) is 0 Å². The van der Waals surface area contributed by atoms with Crippen molar-refractivity contribution >= 4 is 17.1 Å². The molecule has 3 unspecified atom stereocenters. The molecule has 1 aliphatic carbocycles. The van der Waals surface area contributed by atoms with Crippen molar-refractivity contribution in [2.45, 2.75) is 51.7 Å². The van der Waals surface area contributed by atoms with Crippen LogP contribution in [0.15, 0.2) is 41.2 Å². The third kappa shape index (κ3) is 4.43. The van der Waals surface area contributed by atoms with Gasteiger partial charge in [0.25, 0.3) is 0 Å². The highest BCUT2D eigenvalue weighted by Gasteiger charge is 2.33. The number of aromatic nitrogens is 4. The van der Waals surface area contributed by atoms with Gasteiger partial charge in [-0.1, -0.05) is 6.92 Å². The number of aliphatic hydroxyl groups excluding tert-OH is 1. The molecule has 198 valence electrons. The van der Waals surface area contributed by atoms with Gasteiger partial charge in [0.2, 0.25) is 0 Å². The highest BCUT2D eigenvalue weighted by molar-refractivity contribution is 7.08. The molecule has 4 heterocycles. The molecule has 3 aromatic heterocycles. The quantitative estimate of drug-likeness (QED) is 0.294. The largest absolute Gasteiger partial charge is 0.496 e. The normalized spacial score (nSPS) is 19.1. The van der Waals surface area contributed by atoms with E-state index in [4.69, 9.17) is 14.6 Å². The lowest BCUT2D eigenvalue weighted by molar-refractivity contribution is 0.0911. The highest BCUT2D eigenvalue weighted by atomic mass is 32.1. The molecule has 6 rings (SSSR count). The number of nitrogens with zero attached hydrogens (tertiary/aromatic N) is 4. The van der Waals surface area contributed by atoms with E-state index in [1.165, 1.54) is 0 Å². The average Bonchev–Trinajstić information content (AvgIpc) is 3.73. The van der Waals surface area contributed by atoms with Gasteiger partial charge in [0.1, 0.15) is 23.8 Å². The minimum Gasteiger partial charge on any atom is -0.496 e. The first-order chi connectivity index (χ1) is 18.4. The van der Waals surface area contributed by atoms with E-state index < -0.39 is 0 Å². The summed E-state index contributed by atoms with van der Waals surface area (Å²) in [6.45, 7) is 2.26. The van der Waals surface area contributed by atoms with E-state index in [0.717, 1.165) is 65.9 Å². The number of benzene rings is 1. The maximum absolute atomic E-state index is 13.8. The van der Waals surface area contributed by atoms with Crippen molar-refractivity contribution in [1.29, 1.82) is 0 Å². The molecule has 9 heteroatoms. The fraction of sp³-hybridized carbons (Fsp3) is 0.414. The lowest BCUT2D eigenvalue weighted by atomic mass is 9.90. The summed E-state index contributed by atoms with van der Waals surface area (Å²) < 4.78 is 15.5. The first-order valence-electron chi connectivity index (χ1n) is 13.1. The summed E-state index contributed by atoms with van der Waals surface area (Å²) in [5.74, 6) is 1.74. The predicted molar refractivity (Wildman–Crippen MR) is 146 cm³/mol. The molecule has 1 saturated carbocycles. The molecule has 2 aliphatic rings.